The van der Waals surface area contributed by atoms with E-state index in [0.29, 0.717) is 24.2 Å². The van der Waals surface area contributed by atoms with Crippen molar-refractivity contribution >= 4 is 11.6 Å². The predicted octanol–water partition coefficient (Wildman–Crippen LogP) is 3.23. The van der Waals surface area contributed by atoms with E-state index in [2.05, 4.69) is 22.5 Å². The molecule has 2 fully saturated rings. The molecule has 0 spiro atoms. The van der Waals surface area contributed by atoms with Crippen LogP contribution < -0.4 is 15.5 Å². The lowest BCUT2D eigenvalue weighted by atomic mass is 10.0. The first-order valence-corrected chi connectivity index (χ1v) is 12.0. The SMILES string of the molecule is CCNC(=NCc1ccc(N(CC)CC)c(F)c1)NC1CCN(CC2CCOC2)CC1. The molecule has 2 saturated heterocycles. The van der Waals surface area contributed by atoms with E-state index >= 15 is 0 Å². The van der Waals surface area contributed by atoms with Crippen molar-refractivity contribution in [1.29, 1.82) is 0 Å². The van der Waals surface area contributed by atoms with Crippen LogP contribution in [-0.2, 0) is 11.3 Å². The minimum Gasteiger partial charge on any atom is -0.381 e. The standard InChI is InChI=1S/C24H40FN5O/c1-4-26-24(27-16-19-7-8-23(22(25)15-19)30(5-2)6-3)28-21-9-12-29(13-10-21)17-20-11-14-31-18-20/h7-8,15,20-21H,4-6,9-14,16-18H2,1-3H3,(H2,26,27,28). The van der Waals surface area contributed by atoms with Crippen molar-refractivity contribution in [2.24, 2.45) is 10.9 Å². The number of anilines is 1. The van der Waals surface area contributed by atoms with Crippen molar-refractivity contribution in [3.05, 3.63) is 29.6 Å². The van der Waals surface area contributed by atoms with E-state index in [1.54, 1.807) is 6.07 Å². The first-order valence-electron chi connectivity index (χ1n) is 12.0. The van der Waals surface area contributed by atoms with Gasteiger partial charge in [0.25, 0.3) is 0 Å². The number of aliphatic imine (C=N–C) groups is 1. The first kappa shape index (κ1) is 23.8. The maximum absolute atomic E-state index is 14.6. The summed E-state index contributed by atoms with van der Waals surface area (Å²) in [5.74, 6) is 1.35. The van der Waals surface area contributed by atoms with Crippen LogP contribution in [0, 0.1) is 11.7 Å². The van der Waals surface area contributed by atoms with Crippen molar-refractivity contribution in [2.75, 3.05) is 57.4 Å². The molecule has 3 rings (SSSR count). The van der Waals surface area contributed by atoms with Crippen molar-refractivity contribution in [3.63, 3.8) is 0 Å². The zero-order valence-corrected chi connectivity index (χ0v) is 19.5. The summed E-state index contributed by atoms with van der Waals surface area (Å²) < 4.78 is 20.1. The molecule has 2 heterocycles. The van der Waals surface area contributed by atoms with Crippen LogP contribution in [-0.4, -0.2) is 69.4 Å². The van der Waals surface area contributed by atoms with Gasteiger partial charge in [-0.2, -0.15) is 0 Å². The lowest BCUT2D eigenvalue weighted by Crippen LogP contribution is -2.49. The van der Waals surface area contributed by atoms with E-state index in [1.807, 2.05) is 30.9 Å². The number of likely N-dealkylation sites (tertiary alicyclic amines) is 1. The third kappa shape index (κ3) is 7.07. The molecule has 1 aromatic carbocycles. The summed E-state index contributed by atoms with van der Waals surface area (Å²) in [6, 6.07) is 5.90. The van der Waals surface area contributed by atoms with E-state index < -0.39 is 0 Å². The Kier molecular flexibility index (Phi) is 9.40. The van der Waals surface area contributed by atoms with Gasteiger partial charge in [-0.25, -0.2) is 9.38 Å². The average Bonchev–Trinajstić information content (AvgIpc) is 3.29. The highest BCUT2D eigenvalue weighted by atomic mass is 19.1. The molecule has 31 heavy (non-hydrogen) atoms. The summed E-state index contributed by atoms with van der Waals surface area (Å²) in [6.45, 7) is 14.3. The average molecular weight is 434 g/mol. The molecular formula is C24H40FN5O. The van der Waals surface area contributed by atoms with Crippen molar-refractivity contribution < 1.29 is 9.13 Å². The second-order valence-corrected chi connectivity index (χ2v) is 8.60. The maximum atomic E-state index is 14.6. The van der Waals surface area contributed by atoms with Crippen LogP contribution >= 0.6 is 0 Å². The Morgan fingerprint density at radius 1 is 1.19 bits per heavy atom. The maximum Gasteiger partial charge on any atom is 0.191 e. The topological polar surface area (TPSA) is 52.1 Å². The lowest BCUT2D eigenvalue weighted by Gasteiger charge is -2.34. The summed E-state index contributed by atoms with van der Waals surface area (Å²) in [5, 5.41) is 6.93. The molecule has 1 unspecified atom stereocenters. The fourth-order valence-corrected chi connectivity index (χ4v) is 4.51. The molecular weight excluding hydrogens is 393 g/mol. The monoisotopic (exact) mass is 433 g/mol. The summed E-state index contributed by atoms with van der Waals surface area (Å²) in [5.41, 5.74) is 1.55. The molecule has 0 bridgehead atoms. The number of nitrogens with one attached hydrogen (secondary N) is 2. The third-order valence-corrected chi connectivity index (χ3v) is 6.35. The van der Waals surface area contributed by atoms with E-state index in [1.165, 1.54) is 6.42 Å². The summed E-state index contributed by atoms with van der Waals surface area (Å²) in [7, 11) is 0. The molecule has 1 atom stereocenters. The highest BCUT2D eigenvalue weighted by molar-refractivity contribution is 5.80. The molecule has 0 aliphatic carbocycles. The number of piperidine rings is 1. The molecule has 0 saturated carbocycles. The highest BCUT2D eigenvalue weighted by Crippen LogP contribution is 2.21. The van der Waals surface area contributed by atoms with Gasteiger partial charge in [0.2, 0.25) is 0 Å². The van der Waals surface area contributed by atoms with Gasteiger partial charge in [0, 0.05) is 51.9 Å². The zero-order valence-electron chi connectivity index (χ0n) is 19.5. The fraction of sp³-hybridized carbons (Fsp3) is 0.708. The first-order chi connectivity index (χ1) is 15.1. The smallest absolute Gasteiger partial charge is 0.191 e. The van der Waals surface area contributed by atoms with Crippen LogP contribution in [0.25, 0.3) is 0 Å². The van der Waals surface area contributed by atoms with Gasteiger partial charge in [-0.3, -0.25) is 0 Å². The van der Waals surface area contributed by atoms with Crippen LogP contribution in [0.4, 0.5) is 10.1 Å². The number of rotatable bonds is 9. The Balaban J connectivity index is 1.51. The van der Waals surface area contributed by atoms with Gasteiger partial charge in [-0.1, -0.05) is 6.07 Å². The van der Waals surface area contributed by atoms with Gasteiger partial charge < -0.3 is 25.2 Å². The van der Waals surface area contributed by atoms with Crippen LogP contribution in [0.5, 0.6) is 0 Å². The molecule has 2 N–H and O–H groups in total. The molecule has 6 nitrogen and oxygen atoms in total. The number of ether oxygens (including phenoxy) is 1. The Morgan fingerprint density at radius 2 is 1.97 bits per heavy atom. The molecule has 2 aliphatic heterocycles. The number of benzene rings is 1. The van der Waals surface area contributed by atoms with E-state index in [4.69, 9.17) is 9.73 Å². The summed E-state index contributed by atoms with van der Waals surface area (Å²) in [6.07, 6.45) is 3.43. The molecule has 0 amide bonds. The summed E-state index contributed by atoms with van der Waals surface area (Å²) >= 11 is 0. The lowest BCUT2D eigenvalue weighted by molar-refractivity contribution is 0.150. The second-order valence-electron chi connectivity index (χ2n) is 8.60. The Labute approximate surface area is 187 Å². The van der Waals surface area contributed by atoms with Gasteiger partial charge >= 0.3 is 0 Å². The van der Waals surface area contributed by atoms with Crippen molar-refractivity contribution in [1.82, 2.24) is 15.5 Å². The Morgan fingerprint density at radius 3 is 2.58 bits per heavy atom. The summed E-state index contributed by atoms with van der Waals surface area (Å²) in [4.78, 5) is 9.32. The van der Waals surface area contributed by atoms with Crippen LogP contribution in [0.1, 0.15) is 45.6 Å². The number of hydrogen-bond acceptors (Lipinski definition) is 4. The van der Waals surface area contributed by atoms with Gasteiger partial charge in [0.05, 0.1) is 18.8 Å². The molecule has 1 aromatic rings. The number of guanidine groups is 1. The van der Waals surface area contributed by atoms with Crippen molar-refractivity contribution in [3.8, 4) is 0 Å². The van der Waals surface area contributed by atoms with Crippen LogP contribution in [0.3, 0.4) is 0 Å². The van der Waals surface area contributed by atoms with Crippen LogP contribution in [0.15, 0.2) is 23.2 Å². The van der Waals surface area contributed by atoms with Crippen molar-refractivity contribution in [2.45, 2.75) is 52.6 Å². The molecule has 0 aromatic heterocycles. The molecule has 0 radical (unpaired) electrons. The molecule has 174 valence electrons. The van der Waals surface area contributed by atoms with Gasteiger partial charge in [0.1, 0.15) is 5.82 Å². The third-order valence-electron chi connectivity index (χ3n) is 6.35. The molecule has 2 aliphatic rings. The van der Waals surface area contributed by atoms with Gasteiger partial charge in [-0.05, 0) is 63.6 Å². The Bertz CT molecular complexity index is 695. The largest absolute Gasteiger partial charge is 0.381 e. The predicted molar refractivity (Wildman–Crippen MR) is 126 cm³/mol. The normalized spacial score (nSPS) is 20.8. The van der Waals surface area contributed by atoms with Gasteiger partial charge in [0.15, 0.2) is 5.96 Å². The van der Waals surface area contributed by atoms with E-state index in [-0.39, 0.29) is 5.82 Å². The minimum atomic E-state index is -0.172. The fourth-order valence-electron chi connectivity index (χ4n) is 4.51. The zero-order chi connectivity index (χ0) is 22.1. The number of halogens is 1. The molecule has 7 heteroatoms. The Hall–Kier alpha value is -1.86. The van der Waals surface area contributed by atoms with E-state index in [0.717, 1.165) is 76.8 Å². The number of nitrogens with zero attached hydrogens (tertiary/aromatic N) is 3. The number of hydrogen-bond donors (Lipinski definition) is 2. The van der Waals surface area contributed by atoms with Crippen LogP contribution in [0.2, 0.25) is 0 Å². The van der Waals surface area contributed by atoms with Gasteiger partial charge in [-0.15, -0.1) is 0 Å². The van der Waals surface area contributed by atoms with E-state index in [9.17, 15) is 4.39 Å². The highest BCUT2D eigenvalue weighted by Gasteiger charge is 2.24. The minimum absolute atomic E-state index is 0.172. The second kappa shape index (κ2) is 12.2. The quantitative estimate of drug-likeness (QED) is 0.463.